The highest BCUT2D eigenvalue weighted by atomic mass is 19.1. The third-order valence-electron chi connectivity index (χ3n) is 5.57. The molecule has 2 N–H and O–H groups in total. The molecule has 2 amide bonds. The first-order valence-electron chi connectivity index (χ1n) is 10.7. The van der Waals surface area contributed by atoms with Gasteiger partial charge in [-0.15, -0.1) is 0 Å². The summed E-state index contributed by atoms with van der Waals surface area (Å²) >= 11 is 0. The van der Waals surface area contributed by atoms with Gasteiger partial charge in [0.15, 0.2) is 0 Å². The minimum atomic E-state index is -0.475. The van der Waals surface area contributed by atoms with Crippen molar-refractivity contribution in [2.75, 3.05) is 38.7 Å². The van der Waals surface area contributed by atoms with Crippen LogP contribution in [0.25, 0.3) is 0 Å². The average molecular weight is 428 g/mol. The number of hydrogen-bond acceptors (Lipinski definition) is 4. The molecule has 1 saturated heterocycles. The van der Waals surface area contributed by atoms with E-state index in [-0.39, 0.29) is 23.5 Å². The number of amides is 2. The highest BCUT2D eigenvalue weighted by Gasteiger charge is 2.33. The summed E-state index contributed by atoms with van der Waals surface area (Å²) in [4.78, 5) is 27.7. The highest BCUT2D eigenvalue weighted by molar-refractivity contribution is 5.95. The Morgan fingerprint density at radius 1 is 1.10 bits per heavy atom. The van der Waals surface area contributed by atoms with Crippen LogP contribution in [0.4, 0.5) is 10.1 Å². The van der Waals surface area contributed by atoms with Gasteiger partial charge < -0.3 is 15.4 Å². The molecule has 0 saturated carbocycles. The molecule has 1 unspecified atom stereocenters. The van der Waals surface area contributed by atoms with E-state index in [1.54, 1.807) is 19.2 Å². The van der Waals surface area contributed by atoms with Gasteiger partial charge >= 0.3 is 0 Å². The van der Waals surface area contributed by atoms with Crippen LogP contribution < -0.4 is 10.6 Å². The molecule has 1 heterocycles. The van der Waals surface area contributed by atoms with E-state index in [0.717, 1.165) is 12.0 Å². The smallest absolute Gasteiger partial charge is 0.246 e. The Kier molecular flexibility index (Phi) is 8.55. The standard InChI is InChI=1S/C24H30FN3O3/c1-31-17-5-14-26-23(29)19-12-15-28(16-13-19)22(18-6-3-2-4-7-18)24(30)27-21-10-8-20(25)9-11-21/h2-4,6-11,19,22H,5,12-17H2,1H3,(H,26,29)(H,27,30). The lowest BCUT2D eigenvalue weighted by molar-refractivity contribution is -0.127. The van der Waals surface area contributed by atoms with Gasteiger partial charge in [-0.1, -0.05) is 30.3 Å². The fourth-order valence-electron chi connectivity index (χ4n) is 3.90. The summed E-state index contributed by atoms with van der Waals surface area (Å²) in [6.45, 7) is 2.53. The number of nitrogens with zero attached hydrogens (tertiary/aromatic N) is 1. The number of rotatable bonds is 9. The lowest BCUT2D eigenvalue weighted by Gasteiger charge is -2.36. The number of methoxy groups -OCH3 is 1. The summed E-state index contributed by atoms with van der Waals surface area (Å²) in [6, 6.07) is 14.9. The van der Waals surface area contributed by atoms with Crippen LogP contribution >= 0.6 is 0 Å². The van der Waals surface area contributed by atoms with E-state index in [1.165, 1.54) is 12.1 Å². The number of anilines is 1. The van der Waals surface area contributed by atoms with Gasteiger partial charge in [0.1, 0.15) is 11.9 Å². The normalized spacial score (nSPS) is 15.9. The molecule has 31 heavy (non-hydrogen) atoms. The maximum absolute atomic E-state index is 13.2. The van der Waals surface area contributed by atoms with Crippen molar-refractivity contribution in [1.82, 2.24) is 10.2 Å². The van der Waals surface area contributed by atoms with Gasteiger partial charge in [0, 0.05) is 31.9 Å². The predicted molar refractivity (Wildman–Crippen MR) is 118 cm³/mol. The number of likely N-dealkylation sites (tertiary alicyclic amines) is 1. The Hall–Kier alpha value is -2.77. The van der Waals surface area contributed by atoms with E-state index in [1.807, 2.05) is 30.3 Å². The Morgan fingerprint density at radius 2 is 1.77 bits per heavy atom. The number of carbonyl (C=O) groups excluding carboxylic acids is 2. The van der Waals surface area contributed by atoms with Gasteiger partial charge in [-0.05, 0) is 62.2 Å². The summed E-state index contributed by atoms with van der Waals surface area (Å²) in [5, 5.41) is 5.88. The van der Waals surface area contributed by atoms with Gasteiger partial charge in [0.2, 0.25) is 11.8 Å². The first-order valence-corrected chi connectivity index (χ1v) is 10.7. The maximum Gasteiger partial charge on any atom is 0.246 e. The number of hydrogen-bond donors (Lipinski definition) is 2. The topological polar surface area (TPSA) is 70.7 Å². The molecule has 1 fully saturated rings. The van der Waals surface area contributed by atoms with Crippen molar-refractivity contribution < 1.29 is 18.7 Å². The quantitative estimate of drug-likeness (QED) is 0.602. The summed E-state index contributed by atoms with van der Waals surface area (Å²) in [7, 11) is 1.65. The van der Waals surface area contributed by atoms with Gasteiger partial charge in [0.25, 0.3) is 0 Å². The Bertz CT molecular complexity index is 837. The van der Waals surface area contributed by atoms with Crippen LogP contribution in [0.15, 0.2) is 54.6 Å². The van der Waals surface area contributed by atoms with Crippen LogP contribution in [0.1, 0.15) is 30.9 Å². The number of halogens is 1. The van der Waals surface area contributed by atoms with E-state index < -0.39 is 6.04 Å². The van der Waals surface area contributed by atoms with E-state index in [0.29, 0.717) is 44.8 Å². The summed E-state index contributed by atoms with van der Waals surface area (Å²) < 4.78 is 18.2. The monoisotopic (exact) mass is 427 g/mol. The van der Waals surface area contributed by atoms with Crippen molar-refractivity contribution in [1.29, 1.82) is 0 Å². The second kappa shape index (κ2) is 11.6. The van der Waals surface area contributed by atoms with Gasteiger partial charge in [-0.2, -0.15) is 0 Å². The molecule has 1 aliphatic heterocycles. The number of piperidine rings is 1. The number of ether oxygens (including phenoxy) is 1. The fraction of sp³-hybridized carbons (Fsp3) is 0.417. The molecule has 0 aromatic heterocycles. The van der Waals surface area contributed by atoms with E-state index in [9.17, 15) is 14.0 Å². The van der Waals surface area contributed by atoms with Crippen molar-refractivity contribution >= 4 is 17.5 Å². The Labute approximate surface area is 182 Å². The van der Waals surface area contributed by atoms with Gasteiger partial charge in [-0.3, -0.25) is 14.5 Å². The van der Waals surface area contributed by atoms with Crippen molar-refractivity contribution in [3.63, 3.8) is 0 Å². The predicted octanol–water partition coefficient (Wildman–Crippen LogP) is 3.37. The van der Waals surface area contributed by atoms with Crippen LogP contribution in [-0.2, 0) is 14.3 Å². The van der Waals surface area contributed by atoms with Crippen molar-refractivity contribution in [3.05, 3.63) is 66.0 Å². The SMILES string of the molecule is COCCCNC(=O)C1CCN(C(C(=O)Nc2ccc(F)cc2)c2ccccc2)CC1. The Balaban J connectivity index is 1.63. The molecule has 7 heteroatoms. The van der Waals surface area contributed by atoms with Crippen LogP contribution in [0.5, 0.6) is 0 Å². The minimum Gasteiger partial charge on any atom is -0.385 e. The molecule has 0 spiro atoms. The van der Waals surface area contributed by atoms with Crippen molar-refractivity contribution in [2.45, 2.75) is 25.3 Å². The molecule has 0 aliphatic carbocycles. The van der Waals surface area contributed by atoms with Crippen molar-refractivity contribution in [2.24, 2.45) is 5.92 Å². The molecule has 1 atom stereocenters. The van der Waals surface area contributed by atoms with Crippen LogP contribution in [0.3, 0.4) is 0 Å². The van der Waals surface area contributed by atoms with Crippen molar-refractivity contribution in [3.8, 4) is 0 Å². The summed E-state index contributed by atoms with van der Waals surface area (Å²) in [5.41, 5.74) is 1.45. The second-order valence-corrected chi connectivity index (χ2v) is 7.76. The second-order valence-electron chi connectivity index (χ2n) is 7.76. The van der Waals surface area contributed by atoms with E-state index in [4.69, 9.17) is 4.74 Å². The lowest BCUT2D eigenvalue weighted by atomic mass is 9.93. The zero-order valence-electron chi connectivity index (χ0n) is 17.9. The highest BCUT2D eigenvalue weighted by Crippen LogP contribution is 2.28. The van der Waals surface area contributed by atoms with E-state index in [2.05, 4.69) is 15.5 Å². The average Bonchev–Trinajstić information content (AvgIpc) is 2.79. The van der Waals surface area contributed by atoms with Gasteiger partial charge in [-0.25, -0.2) is 4.39 Å². The zero-order valence-corrected chi connectivity index (χ0v) is 17.9. The van der Waals surface area contributed by atoms with E-state index >= 15 is 0 Å². The molecule has 1 aliphatic rings. The molecule has 3 rings (SSSR count). The van der Waals surface area contributed by atoms with Crippen LogP contribution in [-0.4, -0.2) is 50.1 Å². The minimum absolute atomic E-state index is 0.0459. The Morgan fingerprint density at radius 3 is 2.42 bits per heavy atom. The molecule has 166 valence electrons. The third-order valence-corrected chi connectivity index (χ3v) is 5.57. The summed E-state index contributed by atoms with van der Waals surface area (Å²) in [6.07, 6.45) is 2.19. The van der Waals surface area contributed by atoms with Crippen LogP contribution in [0.2, 0.25) is 0 Å². The molecular formula is C24H30FN3O3. The first kappa shape index (κ1) is 22.9. The lowest BCUT2D eigenvalue weighted by Crippen LogP contribution is -2.45. The third kappa shape index (κ3) is 6.60. The zero-order chi connectivity index (χ0) is 22.1. The molecule has 6 nitrogen and oxygen atoms in total. The van der Waals surface area contributed by atoms with Crippen LogP contribution in [0, 0.1) is 11.7 Å². The first-order chi connectivity index (χ1) is 15.1. The number of benzene rings is 2. The summed E-state index contributed by atoms with van der Waals surface area (Å²) in [5.74, 6) is -0.487. The maximum atomic E-state index is 13.2. The molecule has 2 aromatic carbocycles. The molecule has 0 bridgehead atoms. The molecule has 0 radical (unpaired) electrons. The largest absolute Gasteiger partial charge is 0.385 e. The molecular weight excluding hydrogens is 397 g/mol. The molecule has 2 aromatic rings. The fourth-order valence-corrected chi connectivity index (χ4v) is 3.90. The number of carbonyl (C=O) groups is 2. The van der Waals surface area contributed by atoms with Gasteiger partial charge in [0.05, 0.1) is 0 Å². The number of nitrogens with one attached hydrogen (secondary N) is 2.